The highest BCUT2D eigenvalue weighted by Crippen LogP contribution is 2.30. The third-order valence-electron chi connectivity index (χ3n) is 8.41. The quantitative estimate of drug-likeness (QED) is 0.210. The Morgan fingerprint density at radius 1 is 1.04 bits per heavy atom. The molecule has 12 heteroatoms. The molecule has 3 heterocycles. The molecule has 3 aromatic carbocycles. The molecule has 10 nitrogen and oxygen atoms in total. The molecule has 0 bridgehead atoms. The molecule has 1 atom stereocenters. The van der Waals surface area contributed by atoms with Crippen LogP contribution >= 0.6 is 27.5 Å². The molecular weight excluding hydrogens is 684 g/mol. The number of fused-ring (bicyclic) bond motifs is 1. The number of benzene rings is 3. The van der Waals surface area contributed by atoms with Crippen molar-refractivity contribution in [1.82, 2.24) is 29.5 Å². The lowest BCUT2D eigenvalue weighted by molar-refractivity contribution is 0.0610. The first-order chi connectivity index (χ1) is 22.8. The summed E-state index contributed by atoms with van der Waals surface area (Å²) in [5.74, 6) is 0.0133. The van der Waals surface area contributed by atoms with Gasteiger partial charge in [-0.15, -0.1) is 0 Å². The Hall–Kier alpha value is -4.74. The molecule has 1 saturated carbocycles. The lowest BCUT2D eigenvalue weighted by Gasteiger charge is -2.34. The summed E-state index contributed by atoms with van der Waals surface area (Å²) >= 11 is 9.69. The van der Waals surface area contributed by atoms with E-state index in [0.717, 1.165) is 24.0 Å². The van der Waals surface area contributed by atoms with Gasteiger partial charge < -0.3 is 15.0 Å². The molecule has 1 aliphatic carbocycles. The van der Waals surface area contributed by atoms with Crippen molar-refractivity contribution in [3.63, 3.8) is 0 Å². The highest BCUT2D eigenvalue weighted by Gasteiger charge is 2.35. The zero-order chi connectivity index (χ0) is 32.7. The number of nitrogens with zero attached hydrogens (tertiary/aromatic N) is 5. The molecule has 1 fully saturated rings. The molecule has 0 saturated heterocycles. The van der Waals surface area contributed by atoms with E-state index in [1.807, 2.05) is 49.4 Å². The van der Waals surface area contributed by atoms with Crippen LogP contribution < -0.4 is 15.7 Å². The van der Waals surface area contributed by atoms with Crippen LogP contribution in [0.1, 0.15) is 51.9 Å². The van der Waals surface area contributed by atoms with Crippen molar-refractivity contribution < 1.29 is 14.3 Å². The number of rotatable bonds is 8. The van der Waals surface area contributed by atoms with E-state index >= 15 is 0 Å². The maximum Gasteiger partial charge on any atom is 0.333 e. The summed E-state index contributed by atoms with van der Waals surface area (Å²) in [6.45, 7) is 2.33. The van der Waals surface area contributed by atoms with Gasteiger partial charge in [-0.2, -0.15) is 10.2 Å². The summed E-state index contributed by atoms with van der Waals surface area (Å²) in [6, 6.07) is 23.2. The van der Waals surface area contributed by atoms with Crippen LogP contribution in [0, 0.1) is 0 Å². The molecule has 47 heavy (non-hydrogen) atoms. The summed E-state index contributed by atoms with van der Waals surface area (Å²) in [6.07, 6.45) is 3.88. The Labute approximate surface area is 284 Å². The summed E-state index contributed by atoms with van der Waals surface area (Å²) in [7, 11) is 0. The molecule has 1 N–H and O–H groups in total. The van der Waals surface area contributed by atoms with Crippen LogP contribution in [0.25, 0.3) is 16.9 Å². The minimum absolute atomic E-state index is 0.0533. The smallest absolute Gasteiger partial charge is 0.333 e. The highest BCUT2D eigenvalue weighted by atomic mass is 79.9. The molecular formula is C35H30BrClN6O4. The van der Waals surface area contributed by atoms with Crippen molar-refractivity contribution in [3.8, 4) is 22.7 Å². The van der Waals surface area contributed by atoms with E-state index in [0.29, 0.717) is 37.9 Å². The van der Waals surface area contributed by atoms with Gasteiger partial charge >= 0.3 is 5.69 Å². The zero-order valence-corrected chi connectivity index (χ0v) is 27.7. The van der Waals surface area contributed by atoms with Gasteiger partial charge in [0.15, 0.2) is 0 Å². The molecule has 2 amide bonds. The van der Waals surface area contributed by atoms with Crippen molar-refractivity contribution >= 4 is 39.3 Å². The van der Waals surface area contributed by atoms with Crippen molar-refractivity contribution in [1.29, 1.82) is 0 Å². The summed E-state index contributed by atoms with van der Waals surface area (Å²) in [5, 5.41) is 11.7. The second-order valence-electron chi connectivity index (χ2n) is 11.7. The number of halogens is 2. The monoisotopic (exact) mass is 712 g/mol. The van der Waals surface area contributed by atoms with E-state index in [4.69, 9.17) is 16.3 Å². The first kappa shape index (κ1) is 30.9. The second kappa shape index (κ2) is 12.8. The van der Waals surface area contributed by atoms with Gasteiger partial charge in [0.05, 0.1) is 34.7 Å². The van der Waals surface area contributed by atoms with E-state index in [1.54, 1.807) is 52.1 Å². The third-order valence-corrected chi connectivity index (χ3v) is 9.65. The van der Waals surface area contributed by atoms with Gasteiger partial charge in [-0.05, 0) is 95.9 Å². The summed E-state index contributed by atoms with van der Waals surface area (Å²) < 4.78 is 9.62. The number of aromatic nitrogens is 4. The highest BCUT2D eigenvalue weighted by molar-refractivity contribution is 9.10. The van der Waals surface area contributed by atoms with E-state index in [1.165, 1.54) is 4.57 Å². The fourth-order valence-corrected chi connectivity index (χ4v) is 6.26. The first-order valence-corrected chi connectivity index (χ1v) is 16.5. The van der Waals surface area contributed by atoms with E-state index < -0.39 is 5.91 Å². The van der Waals surface area contributed by atoms with E-state index in [2.05, 4.69) is 31.4 Å². The molecule has 2 aromatic heterocycles. The Morgan fingerprint density at radius 2 is 1.83 bits per heavy atom. The van der Waals surface area contributed by atoms with Gasteiger partial charge in [0.1, 0.15) is 11.4 Å². The summed E-state index contributed by atoms with van der Waals surface area (Å²) in [5.41, 5.74) is 3.55. The molecule has 1 aliphatic heterocycles. The average molecular weight is 714 g/mol. The Bertz CT molecular complexity index is 2040. The fraction of sp³-hybridized carbons (Fsp3) is 0.229. The maximum atomic E-state index is 14.2. The Balaban J connectivity index is 1.26. The Morgan fingerprint density at radius 3 is 2.55 bits per heavy atom. The van der Waals surface area contributed by atoms with Crippen LogP contribution in [-0.4, -0.2) is 48.2 Å². The van der Waals surface area contributed by atoms with Crippen molar-refractivity contribution in [2.75, 3.05) is 0 Å². The number of carbonyl (C=O) groups is 2. The number of imidazole rings is 1. The van der Waals surface area contributed by atoms with Crippen LogP contribution in [0.4, 0.5) is 0 Å². The number of amides is 2. The lowest BCUT2D eigenvalue weighted by Crippen LogP contribution is -2.47. The topological polar surface area (TPSA) is 111 Å². The second-order valence-corrected chi connectivity index (χ2v) is 13.0. The SMILES string of the molecule is CC1Cn2c(c(C(=O)NCc3ccccc3-c3cccnn3)n(-c3ccc(OC4CC4)cc3)c2=O)CN1C(=O)c1ccc(Br)c(Cl)c1. The lowest BCUT2D eigenvalue weighted by atomic mass is 10.0. The Kier molecular flexibility index (Phi) is 8.42. The molecule has 0 radical (unpaired) electrons. The molecule has 238 valence electrons. The van der Waals surface area contributed by atoms with E-state index in [-0.39, 0.29) is 49.1 Å². The number of nitrogens with one attached hydrogen (secondary N) is 1. The van der Waals surface area contributed by atoms with Crippen LogP contribution in [0.5, 0.6) is 5.75 Å². The van der Waals surface area contributed by atoms with Crippen LogP contribution in [0.3, 0.4) is 0 Å². The van der Waals surface area contributed by atoms with Gasteiger partial charge in [0.25, 0.3) is 11.8 Å². The minimum atomic E-state index is -0.447. The normalized spacial score (nSPS) is 15.6. The van der Waals surface area contributed by atoms with Crippen molar-refractivity contribution in [3.05, 3.63) is 128 Å². The third kappa shape index (κ3) is 6.20. The van der Waals surface area contributed by atoms with Gasteiger partial charge in [0.2, 0.25) is 0 Å². The fourth-order valence-electron chi connectivity index (χ4n) is 5.84. The van der Waals surface area contributed by atoms with Gasteiger partial charge in [-0.25, -0.2) is 4.79 Å². The molecule has 1 unspecified atom stereocenters. The number of carbonyl (C=O) groups excluding carboxylic acids is 2. The number of hydrogen-bond acceptors (Lipinski definition) is 6. The predicted molar refractivity (Wildman–Crippen MR) is 181 cm³/mol. The number of ether oxygens (including phenoxy) is 1. The first-order valence-electron chi connectivity index (χ1n) is 15.3. The van der Waals surface area contributed by atoms with E-state index in [9.17, 15) is 14.4 Å². The van der Waals surface area contributed by atoms with Crippen LogP contribution in [0.15, 0.2) is 94.3 Å². The largest absolute Gasteiger partial charge is 0.490 e. The molecule has 5 aromatic rings. The van der Waals surface area contributed by atoms with Gasteiger partial charge in [-0.1, -0.05) is 35.9 Å². The molecule has 0 spiro atoms. The standard InChI is InChI=1S/C35H30BrClN6O4/c1-21-19-42-31(20-41(21)34(45)22-8-15-28(36)29(37)17-22)32(43(35(42)46)24-9-11-25(12-10-24)47-26-13-14-26)33(44)38-18-23-5-2-3-6-27(23)30-7-4-16-39-40-30/h2-12,15-17,21,26H,13-14,18-20H2,1H3,(H,38,44). The number of hydrogen-bond donors (Lipinski definition) is 1. The summed E-state index contributed by atoms with van der Waals surface area (Å²) in [4.78, 5) is 43.7. The maximum absolute atomic E-state index is 14.2. The molecule has 2 aliphatic rings. The van der Waals surface area contributed by atoms with Crippen LogP contribution in [0.2, 0.25) is 5.02 Å². The van der Waals surface area contributed by atoms with Crippen molar-refractivity contribution in [2.45, 2.75) is 51.5 Å². The van der Waals surface area contributed by atoms with Gasteiger partial charge in [-0.3, -0.25) is 18.7 Å². The average Bonchev–Trinajstić information content (AvgIpc) is 3.87. The minimum Gasteiger partial charge on any atom is -0.490 e. The predicted octanol–water partition coefficient (Wildman–Crippen LogP) is 6.03. The molecule has 7 rings (SSSR count). The van der Waals surface area contributed by atoms with Gasteiger partial charge in [0, 0.05) is 40.9 Å². The zero-order valence-electron chi connectivity index (χ0n) is 25.4. The van der Waals surface area contributed by atoms with Crippen LogP contribution in [-0.2, 0) is 19.6 Å². The van der Waals surface area contributed by atoms with Crippen molar-refractivity contribution in [2.24, 2.45) is 0 Å².